The van der Waals surface area contributed by atoms with Gasteiger partial charge in [-0.2, -0.15) is 0 Å². The minimum Gasteiger partial charge on any atom is -0.328 e. The van der Waals surface area contributed by atoms with Crippen molar-refractivity contribution >= 4 is 15.9 Å². The predicted octanol–water partition coefficient (Wildman–Crippen LogP) is 3.16. The van der Waals surface area contributed by atoms with E-state index in [1.165, 1.54) is 11.1 Å². The van der Waals surface area contributed by atoms with Gasteiger partial charge in [0.05, 0.1) is 6.33 Å². The first-order valence-corrected chi connectivity index (χ1v) is 5.22. The number of halogens is 1. The van der Waals surface area contributed by atoms with Crippen molar-refractivity contribution in [3.8, 4) is 11.3 Å². The SMILES string of the molecule is Cc1ccccc1-c1ncn(C)c1Br. The molecule has 3 heteroatoms. The van der Waals surface area contributed by atoms with Gasteiger partial charge in [-0.3, -0.25) is 0 Å². The van der Waals surface area contributed by atoms with E-state index in [9.17, 15) is 0 Å². The molecule has 1 aromatic heterocycles. The Bertz CT molecular complexity index is 460. The Morgan fingerprint density at radius 3 is 2.57 bits per heavy atom. The molecule has 0 N–H and O–H groups in total. The van der Waals surface area contributed by atoms with Crippen LogP contribution in [-0.2, 0) is 7.05 Å². The second kappa shape index (κ2) is 3.58. The minimum atomic E-state index is 1.01. The second-order valence-corrected chi connectivity index (χ2v) is 4.06. The Labute approximate surface area is 91.7 Å². The average Bonchev–Trinajstić information content (AvgIpc) is 2.49. The second-order valence-electron chi connectivity index (χ2n) is 3.31. The summed E-state index contributed by atoms with van der Waals surface area (Å²) in [5.41, 5.74) is 3.43. The van der Waals surface area contributed by atoms with Crippen LogP contribution in [0, 0.1) is 6.92 Å². The molecule has 0 atom stereocenters. The molecule has 1 aromatic carbocycles. The first-order valence-electron chi connectivity index (χ1n) is 4.43. The third kappa shape index (κ3) is 1.48. The highest BCUT2D eigenvalue weighted by Crippen LogP contribution is 2.28. The number of benzene rings is 1. The molecule has 2 aromatic rings. The summed E-state index contributed by atoms with van der Waals surface area (Å²) in [4.78, 5) is 4.36. The molecule has 2 rings (SSSR count). The molecule has 14 heavy (non-hydrogen) atoms. The van der Waals surface area contributed by atoms with E-state index in [1.54, 1.807) is 0 Å². The number of hydrogen-bond acceptors (Lipinski definition) is 1. The molecule has 0 aliphatic heterocycles. The van der Waals surface area contributed by atoms with Crippen LogP contribution < -0.4 is 0 Å². The molecule has 0 bridgehead atoms. The Balaban J connectivity index is 2.60. The highest BCUT2D eigenvalue weighted by molar-refractivity contribution is 9.10. The van der Waals surface area contributed by atoms with Gasteiger partial charge in [-0.1, -0.05) is 24.3 Å². The van der Waals surface area contributed by atoms with Gasteiger partial charge in [0.2, 0.25) is 0 Å². The number of rotatable bonds is 1. The van der Waals surface area contributed by atoms with Gasteiger partial charge in [-0.25, -0.2) is 4.98 Å². The first-order chi connectivity index (χ1) is 6.70. The predicted molar refractivity (Wildman–Crippen MR) is 61.1 cm³/mol. The molecule has 0 aliphatic rings. The molecule has 72 valence electrons. The van der Waals surface area contributed by atoms with E-state index >= 15 is 0 Å². The average molecular weight is 251 g/mol. The van der Waals surface area contributed by atoms with E-state index in [2.05, 4.69) is 40.0 Å². The zero-order valence-electron chi connectivity index (χ0n) is 8.16. The van der Waals surface area contributed by atoms with Crippen LogP contribution in [0.1, 0.15) is 5.56 Å². The first kappa shape index (κ1) is 9.46. The molecular weight excluding hydrogens is 240 g/mol. The van der Waals surface area contributed by atoms with Gasteiger partial charge in [0.25, 0.3) is 0 Å². The fraction of sp³-hybridized carbons (Fsp3) is 0.182. The van der Waals surface area contributed by atoms with Crippen LogP contribution in [0.15, 0.2) is 35.2 Å². The molecule has 1 heterocycles. The normalized spacial score (nSPS) is 10.5. The van der Waals surface area contributed by atoms with Crippen molar-refractivity contribution in [1.29, 1.82) is 0 Å². The summed E-state index contributed by atoms with van der Waals surface area (Å²) >= 11 is 3.52. The van der Waals surface area contributed by atoms with Gasteiger partial charge in [-0.15, -0.1) is 0 Å². The van der Waals surface area contributed by atoms with Crippen LogP contribution in [0.5, 0.6) is 0 Å². The van der Waals surface area contributed by atoms with Gasteiger partial charge in [0, 0.05) is 12.6 Å². The lowest BCUT2D eigenvalue weighted by molar-refractivity contribution is 0.891. The lowest BCUT2D eigenvalue weighted by Crippen LogP contribution is -1.86. The number of nitrogens with zero attached hydrogens (tertiary/aromatic N) is 2. The highest BCUT2D eigenvalue weighted by Gasteiger charge is 2.09. The maximum absolute atomic E-state index is 4.36. The number of imidazole rings is 1. The fourth-order valence-electron chi connectivity index (χ4n) is 1.43. The third-order valence-corrected chi connectivity index (χ3v) is 3.20. The van der Waals surface area contributed by atoms with Gasteiger partial charge < -0.3 is 4.57 Å². The molecule has 0 fully saturated rings. The van der Waals surface area contributed by atoms with Gasteiger partial charge in [0.15, 0.2) is 0 Å². The van der Waals surface area contributed by atoms with Gasteiger partial charge >= 0.3 is 0 Å². The van der Waals surface area contributed by atoms with Crippen molar-refractivity contribution in [2.75, 3.05) is 0 Å². The third-order valence-electron chi connectivity index (χ3n) is 2.27. The Morgan fingerprint density at radius 2 is 2.00 bits per heavy atom. The lowest BCUT2D eigenvalue weighted by Gasteiger charge is -2.02. The molecule has 0 aliphatic carbocycles. The molecule has 0 radical (unpaired) electrons. The van der Waals surface area contributed by atoms with Crippen molar-refractivity contribution in [1.82, 2.24) is 9.55 Å². The van der Waals surface area contributed by atoms with Crippen LogP contribution in [0.4, 0.5) is 0 Å². The molecular formula is C11H11BrN2. The monoisotopic (exact) mass is 250 g/mol. The summed E-state index contributed by atoms with van der Waals surface area (Å²) in [6.07, 6.45) is 1.81. The van der Waals surface area contributed by atoms with E-state index in [0.29, 0.717) is 0 Å². The zero-order chi connectivity index (χ0) is 10.1. The standard InChI is InChI=1S/C11H11BrN2/c1-8-5-3-4-6-9(8)10-11(12)14(2)7-13-10/h3-7H,1-2H3. The van der Waals surface area contributed by atoms with Crippen LogP contribution >= 0.6 is 15.9 Å². The lowest BCUT2D eigenvalue weighted by atomic mass is 10.1. The quantitative estimate of drug-likeness (QED) is 0.761. The van der Waals surface area contributed by atoms with Crippen molar-refractivity contribution in [2.45, 2.75) is 6.92 Å². The van der Waals surface area contributed by atoms with Gasteiger partial charge in [-0.05, 0) is 28.4 Å². The summed E-state index contributed by atoms with van der Waals surface area (Å²) in [5, 5.41) is 0. The number of aromatic nitrogens is 2. The number of hydrogen-bond donors (Lipinski definition) is 0. The molecule has 2 nitrogen and oxygen atoms in total. The van der Waals surface area contributed by atoms with E-state index in [1.807, 2.05) is 30.1 Å². The smallest absolute Gasteiger partial charge is 0.112 e. The van der Waals surface area contributed by atoms with E-state index < -0.39 is 0 Å². The maximum Gasteiger partial charge on any atom is 0.112 e. The van der Waals surface area contributed by atoms with Crippen LogP contribution in [-0.4, -0.2) is 9.55 Å². The summed E-state index contributed by atoms with van der Waals surface area (Å²) in [6, 6.07) is 8.25. The molecule has 0 amide bonds. The zero-order valence-corrected chi connectivity index (χ0v) is 9.75. The van der Waals surface area contributed by atoms with Crippen molar-refractivity contribution in [3.63, 3.8) is 0 Å². The summed E-state index contributed by atoms with van der Waals surface area (Å²) in [6.45, 7) is 2.09. The molecule has 0 saturated carbocycles. The van der Waals surface area contributed by atoms with Crippen molar-refractivity contribution in [2.24, 2.45) is 7.05 Å². The topological polar surface area (TPSA) is 17.8 Å². The van der Waals surface area contributed by atoms with Gasteiger partial charge in [0.1, 0.15) is 10.3 Å². The highest BCUT2D eigenvalue weighted by atomic mass is 79.9. The number of aryl methyl sites for hydroxylation is 2. The molecule has 0 unspecified atom stereocenters. The largest absolute Gasteiger partial charge is 0.328 e. The summed E-state index contributed by atoms with van der Waals surface area (Å²) in [5.74, 6) is 0. The molecule has 0 saturated heterocycles. The fourth-order valence-corrected chi connectivity index (χ4v) is 1.84. The van der Waals surface area contributed by atoms with Crippen molar-refractivity contribution in [3.05, 3.63) is 40.8 Å². The van der Waals surface area contributed by atoms with Crippen LogP contribution in [0.3, 0.4) is 0 Å². The van der Waals surface area contributed by atoms with Crippen LogP contribution in [0.2, 0.25) is 0 Å². The Kier molecular flexibility index (Phi) is 2.42. The Morgan fingerprint density at radius 1 is 1.29 bits per heavy atom. The molecule has 0 spiro atoms. The van der Waals surface area contributed by atoms with Crippen molar-refractivity contribution < 1.29 is 0 Å². The minimum absolute atomic E-state index is 1.01. The summed E-state index contributed by atoms with van der Waals surface area (Å²) in [7, 11) is 1.97. The maximum atomic E-state index is 4.36. The van der Waals surface area contributed by atoms with Crippen LogP contribution in [0.25, 0.3) is 11.3 Å². The Hall–Kier alpha value is -1.09. The van der Waals surface area contributed by atoms with E-state index in [4.69, 9.17) is 0 Å². The van der Waals surface area contributed by atoms with E-state index in [-0.39, 0.29) is 0 Å². The van der Waals surface area contributed by atoms with E-state index in [0.717, 1.165) is 10.3 Å². The summed E-state index contributed by atoms with van der Waals surface area (Å²) < 4.78 is 2.98.